The summed E-state index contributed by atoms with van der Waals surface area (Å²) >= 11 is 0. The summed E-state index contributed by atoms with van der Waals surface area (Å²) in [6, 6.07) is 13.9. The Kier molecular flexibility index (Phi) is 12.5. The van der Waals surface area contributed by atoms with Gasteiger partial charge in [0.25, 0.3) is 11.7 Å². The molecule has 1 N–H and O–H groups in total. The fraction of sp³-hybridized carbons (Fsp3) is 0.515. The average molecular weight is 551 g/mol. The Balaban J connectivity index is 1.94. The van der Waals surface area contributed by atoms with Gasteiger partial charge in [0.05, 0.1) is 24.8 Å². The van der Waals surface area contributed by atoms with E-state index in [0.29, 0.717) is 31.1 Å². The van der Waals surface area contributed by atoms with Crippen LogP contribution in [0.2, 0.25) is 0 Å². The van der Waals surface area contributed by atoms with E-state index in [4.69, 9.17) is 9.47 Å². The summed E-state index contributed by atoms with van der Waals surface area (Å²) in [6.45, 7) is 12.8. The first-order valence-corrected chi connectivity index (χ1v) is 14.9. The summed E-state index contributed by atoms with van der Waals surface area (Å²) in [7, 11) is 0. The van der Waals surface area contributed by atoms with Gasteiger partial charge in [-0.25, -0.2) is 0 Å². The highest BCUT2D eigenvalue weighted by Gasteiger charge is 2.45. The van der Waals surface area contributed by atoms with Crippen molar-refractivity contribution in [1.82, 2.24) is 9.80 Å². The predicted octanol–water partition coefficient (Wildman–Crippen LogP) is 6.59. The fourth-order valence-electron chi connectivity index (χ4n) is 4.97. The van der Waals surface area contributed by atoms with Crippen LogP contribution in [0, 0.1) is 0 Å². The standard InChI is InChI=1S/C33H46N2O5/c1-5-9-11-23-39-27-18-16-25(17-19-27)30-29(31(36)26-14-12-15-28(24-26)40-22-10-6-2)32(37)33(38)35(30)21-13-20-34(7-3)8-4/h12,14-19,24,30,36H,5-11,13,20-23H2,1-4H3. The Labute approximate surface area is 239 Å². The van der Waals surface area contributed by atoms with Gasteiger partial charge < -0.3 is 24.4 Å². The SMILES string of the molecule is CCCCCOc1ccc(C2C(=C(O)c3cccc(OCCCC)c3)C(=O)C(=O)N2CCCN(CC)CC)cc1. The van der Waals surface area contributed by atoms with Gasteiger partial charge in [0.2, 0.25) is 0 Å². The second-order valence-corrected chi connectivity index (χ2v) is 10.2. The van der Waals surface area contributed by atoms with E-state index in [1.54, 1.807) is 23.1 Å². The van der Waals surface area contributed by atoms with Crippen LogP contribution in [0.4, 0.5) is 0 Å². The van der Waals surface area contributed by atoms with E-state index in [-0.39, 0.29) is 11.3 Å². The maximum Gasteiger partial charge on any atom is 0.295 e. The summed E-state index contributed by atoms with van der Waals surface area (Å²) < 4.78 is 11.7. The highest BCUT2D eigenvalue weighted by molar-refractivity contribution is 6.46. The van der Waals surface area contributed by atoms with E-state index in [9.17, 15) is 14.7 Å². The number of Topliss-reactive ketones (excluding diaryl/α,β-unsaturated/α-hetero) is 1. The maximum atomic E-state index is 13.4. The molecule has 0 aromatic heterocycles. The zero-order valence-corrected chi connectivity index (χ0v) is 24.7. The first-order valence-electron chi connectivity index (χ1n) is 14.9. The van der Waals surface area contributed by atoms with Gasteiger partial charge in [-0.2, -0.15) is 0 Å². The summed E-state index contributed by atoms with van der Waals surface area (Å²) in [4.78, 5) is 30.6. The van der Waals surface area contributed by atoms with Crippen molar-refractivity contribution in [3.63, 3.8) is 0 Å². The Bertz CT molecular complexity index is 1120. The Morgan fingerprint density at radius 1 is 0.850 bits per heavy atom. The summed E-state index contributed by atoms with van der Waals surface area (Å²) in [5.74, 6) is -0.0679. The minimum Gasteiger partial charge on any atom is -0.507 e. The molecule has 1 heterocycles. The number of carbonyl (C=O) groups excluding carboxylic acids is 2. The lowest BCUT2D eigenvalue weighted by molar-refractivity contribution is -0.140. The van der Waals surface area contributed by atoms with Crippen molar-refractivity contribution in [2.75, 3.05) is 39.4 Å². The molecule has 218 valence electrons. The van der Waals surface area contributed by atoms with Gasteiger partial charge in [-0.3, -0.25) is 9.59 Å². The van der Waals surface area contributed by atoms with Crippen LogP contribution in [0.1, 0.15) is 83.4 Å². The van der Waals surface area contributed by atoms with Gasteiger partial charge in [-0.05, 0) is 68.7 Å². The van der Waals surface area contributed by atoms with Crippen LogP contribution in [0.5, 0.6) is 11.5 Å². The van der Waals surface area contributed by atoms with E-state index in [1.807, 2.05) is 30.3 Å². The zero-order chi connectivity index (χ0) is 28.9. The smallest absolute Gasteiger partial charge is 0.295 e. The number of ether oxygens (including phenoxy) is 2. The number of unbranched alkanes of at least 4 members (excludes halogenated alkanes) is 3. The number of rotatable bonds is 17. The van der Waals surface area contributed by atoms with Gasteiger partial charge >= 0.3 is 0 Å². The second kappa shape index (κ2) is 16.1. The molecule has 40 heavy (non-hydrogen) atoms. The highest BCUT2D eigenvalue weighted by atomic mass is 16.5. The van der Waals surface area contributed by atoms with Gasteiger partial charge in [0.15, 0.2) is 0 Å². The third-order valence-corrected chi connectivity index (χ3v) is 7.39. The van der Waals surface area contributed by atoms with Crippen LogP contribution < -0.4 is 9.47 Å². The number of amides is 1. The number of hydrogen-bond donors (Lipinski definition) is 1. The van der Waals surface area contributed by atoms with Gasteiger partial charge in [0, 0.05) is 12.1 Å². The van der Waals surface area contributed by atoms with E-state index in [1.165, 1.54) is 0 Å². The van der Waals surface area contributed by atoms with E-state index >= 15 is 0 Å². The van der Waals surface area contributed by atoms with Crippen molar-refractivity contribution in [3.05, 3.63) is 65.2 Å². The minimum absolute atomic E-state index is 0.107. The quantitative estimate of drug-likeness (QED) is 0.104. The van der Waals surface area contributed by atoms with Crippen LogP contribution in [-0.4, -0.2) is 66.0 Å². The van der Waals surface area contributed by atoms with E-state index in [2.05, 4.69) is 32.6 Å². The predicted molar refractivity (Wildman–Crippen MR) is 160 cm³/mol. The molecule has 1 unspecified atom stereocenters. The highest BCUT2D eigenvalue weighted by Crippen LogP contribution is 2.40. The third-order valence-electron chi connectivity index (χ3n) is 7.39. The van der Waals surface area contributed by atoms with Gasteiger partial charge in [-0.15, -0.1) is 0 Å². The number of ketones is 1. The molecule has 0 saturated carbocycles. The lowest BCUT2D eigenvalue weighted by atomic mass is 9.95. The molecule has 1 amide bonds. The molecule has 0 radical (unpaired) electrons. The van der Waals surface area contributed by atoms with Gasteiger partial charge in [-0.1, -0.05) is 71.2 Å². The Morgan fingerprint density at radius 2 is 1.52 bits per heavy atom. The molecule has 2 aromatic rings. The molecule has 0 aliphatic carbocycles. The van der Waals surface area contributed by atoms with E-state index < -0.39 is 17.7 Å². The topological polar surface area (TPSA) is 79.3 Å². The molecule has 7 nitrogen and oxygen atoms in total. The first kappa shape index (κ1) is 31.2. The lowest BCUT2D eigenvalue weighted by Crippen LogP contribution is -2.33. The number of aliphatic hydroxyl groups excluding tert-OH is 1. The minimum atomic E-state index is -0.685. The van der Waals surface area contributed by atoms with Crippen LogP contribution >= 0.6 is 0 Å². The molecule has 2 aromatic carbocycles. The average Bonchev–Trinajstić information content (AvgIpc) is 3.23. The van der Waals surface area contributed by atoms with Crippen LogP contribution in [0.3, 0.4) is 0 Å². The van der Waals surface area contributed by atoms with Gasteiger partial charge in [0.1, 0.15) is 17.3 Å². The Hall–Kier alpha value is -3.32. The molecule has 0 bridgehead atoms. The summed E-state index contributed by atoms with van der Waals surface area (Å²) in [5, 5.41) is 11.5. The molecule has 0 spiro atoms. The Morgan fingerprint density at radius 3 is 2.20 bits per heavy atom. The fourth-order valence-corrected chi connectivity index (χ4v) is 4.97. The molecular weight excluding hydrogens is 504 g/mol. The van der Waals surface area contributed by atoms with Crippen LogP contribution in [0.25, 0.3) is 5.76 Å². The molecule has 1 aliphatic heterocycles. The molecule has 1 saturated heterocycles. The van der Waals surface area contributed by atoms with Crippen molar-refractivity contribution < 1.29 is 24.2 Å². The summed E-state index contributed by atoms with van der Waals surface area (Å²) in [6.07, 6.45) is 5.90. The molecule has 7 heteroatoms. The van der Waals surface area contributed by atoms with Crippen molar-refractivity contribution in [3.8, 4) is 11.5 Å². The zero-order valence-electron chi connectivity index (χ0n) is 24.7. The monoisotopic (exact) mass is 550 g/mol. The largest absolute Gasteiger partial charge is 0.507 e. The molecular formula is C33H46N2O5. The molecule has 1 aliphatic rings. The number of benzene rings is 2. The number of aliphatic hydroxyl groups is 1. The summed E-state index contributed by atoms with van der Waals surface area (Å²) in [5.41, 5.74) is 1.33. The van der Waals surface area contributed by atoms with Crippen molar-refractivity contribution >= 4 is 17.4 Å². The maximum absolute atomic E-state index is 13.4. The van der Waals surface area contributed by atoms with Crippen molar-refractivity contribution in [2.24, 2.45) is 0 Å². The number of likely N-dealkylation sites (tertiary alicyclic amines) is 1. The van der Waals surface area contributed by atoms with Crippen LogP contribution in [-0.2, 0) is 9.59 Å². The molecule has 3 rings (SSSR count). The number of carbonyl (C=O) groups is 2. The number of nitrogens with zero attached hydrogens (tertiary/aromatic N) is 2. The first-order chi connectivity index (χ1) is 19.4. The second-order valence-electron chi connectivity index (χ2n) is 10.2. The number of hydrogen-bond acceptors (Lipinski definition) is 6. The third kappa shape index (κ3) is 8.10. The molecule has 1 atom stereocenters. The normalized spacial score (nSPS) is 16.6. The molecule has 1 fully saturated rings. The van der Waals surface area contributed by atoms with Crippen molar-refractivity contribution in [2.45, 2.75) is 72.3 Å². The van der Waals surface area contributed by atoms with E-state index in [0.717, 1.165) is 69.5 Å². The van der Waals surface area contributed by atoms with Crippen molar-refractivity contribution in [1.29, 1.82) is 0 Å². The lowest BCUT2D eigenvalue weighted by Gasteiger charge is -2.27. The van der Waals surface area contributed by atoms with Crippen LogP contribution in [0.15, 0.2) is 54.1 Å².